The number of rotatable bonds is 4. The first kappa shape index (κ1) is 13.9. The molecule has 0 aliphatic carbocycles. The number of anilines is 2. The van der Waals surface area contributed by atoms with Crippen LogP contribution in [-0.2, 0) is 13.0 Å². The summed E-state index contributed by atoms with van der Waals surface area (Å²) in [7, 11) is 2.10. The van der Waals surface area contributed by atoms with Crippen LogP contribution in [0.1, 0.15) is 18.1 Å². The van der Waals surface area contributed by atoms with Crippen molar-refractivity contribution in [3.05, 3.63) is 58.1 Å². The molecule has 0 unspecified atom stereocenters. The smallest absolute Gasteiger partial charge is 0.0437 e. The van der Waals surface area contributed by atoms with E-state index in [0.29, 0.717) is 0 Å². The Labute approximate surface area is 123 Å². The maximum atomic E-state index is 5.76. The van der Waals surface area contributed by atoms with Gasteiger partial charge in [0.2, 0.25) is 0 Å². The first-order valence-corrected chi connectivity index (χ1v) is 7.23. The van der Waals surface area contributed by atoms with Gasteiger partial charge in [0.25, 0.3) is 0 Å². The standard InChI is InChI=1S/C16H19BrN2/c1-3-12-4-8-15(9-5-12)19(2)11-13-6-7-14(18)10-16(13)17/h4-10H,3,11,18H2,1-2H3. The minimum absolute atomic E-state index is 0.783. The fourth-order valence-electron chi connectivity index (χ4n) is 2.02. The van der Waals surface area contributed by atoms with Crippen LogP contribution >= 0.6 is 15.9 Å². The summed E-state index contributed by atoms with van der Waals surface area (Å²) in [4.78, 5) is 2.23. The molecular formula is C16H19BrN2. The first-order valence-electron chi connectivity index (χ1n) is 6.44. The summed E-state index contributed by atoms with van der Waals surface area (Å²) < 4.78 is 1.06. The molecular weight excluding hydrogens is 300 g/mol. The van der Waals surface area contributed by atoms with Crippen LogP contribution in [0.4, 0.5) is 11.4 Å². The van der Waals surface area contributed by atoms with Gasteiger partial charge >= 0.3 is 0 Å². The highest BCUT2D eigenvalue weighted by Crippen LogP contribution is 2.23. The zero-order chi connectivity index (χ0) is 13.8. The van der Waals surface area contributed by atoms with E-state index in [9.17, 15) is 0 Å². The van der Waals surface area contributed by atoms with Gasteiger partial charge in [-0.2, -0.15) is 0 Å². The normalized spacial score (nSPS) is 10.5. The van der Waals surface area contributed by atoms with E-state index in [2.05, 4.69) is 65.1 Å². The van der Waals surface area contributed by atoms with E-state index in [-0.39, 0.29) is 0 Å². The lowest BCUT2D eigenvalue weighted by Crippen LogP contribution is -2.16. The topological polar surface area (TPSA) is 29.3 Å². The number of aryl methyl sites for hydroxylation is 1. The van der Waals surface area contributed by atoms with Gasteiger partial charge in [-0.3, -0.25) is 0 Å². The van der Waals surface area contributed by atoms with Gasteiger partial charge in [0, 0.05) is 29.4 Å². The predicted octanol–water partition coefficient (Wildman–Crippen LogP) is 4.23. The summed E-state index contributed by atoms with van der Waals surface area (Å²) in [5.74, 6) is 0. The average Bonchev–Trinajstić information content (AvgIpc) is 2.42. The lowest BCUT2D eigenvalue weighted by molar-refractivity contribution is 0.917. The second kappa shape index (κ2) is 6.11. The van der Waals surface area contributed by atoms with Crippen molar-refractivity contribution in [2.75, 3.05) is 17.7 Å². The number of hydrogen-bond donors (Lipinski definition) is 1. The second-order valence-electron chi connectivity index (χ2n) is 4.73. The minimum atomic E-state index is 0.783. The Balaban J connectivity index is 2.13. The van der Waals surface area contributed by atoms with Crippen LogP contribution in [0.15, 0.2) is 46.9 Å². The molecule has 0 spiro atoms. The van der Waals surface area contributed by atoms with Crippen LogP contribution in [-0.4, -0.2) is 7.05 Å². The third-order valence-corrected chi connectivity index (χ3v) is 4.01. The van der Waals surface area contributed by atoms with E-state index in [1.54, 1.807) is 0 Å². The third-order valence-electron chi connectivity index (χ3n) is 3.27. The summed E-state index contributed by atoms with van der Waals surface area (Å²) in [6.45, 7) is 3.02. The molecule has 0 amide bonds. The number of benzene rings is 2. The molecule has 2 N–H and O–H groups in total. The molecule has 0 saturated carbocycles. The summed E-state index contributed by atoms with van der Waals surface area (Å²) >= 11 is 3.56. The molecule has 19 heavy (non-hydrogen) atoms. The lowest BCUT2D eigenvalue weighted by atomic mass is 10.1. The Morgan fingerprint density at radius 2 is 1.79 bits per heavy atom. The molecule has 0 bridgehead atoms. The van der Waals surface area contributed by atoms with E-state index >= 15 is 0 Å². The van der Waals surface area contributed by atoms with Gasteiger partial charge in [-0.15, -0.1) is 0 Å². The lowest BCUT2D eigenvalue weighted by Gasteiger charge is -2.20. The Bertz CT molecular complexity index is 549. The minimum Gasteiger partial charge on any atom is -0.399 e. The zero-order valence-corrected chi connectivity index (χ0v) is 12.9. The largest absolute Gasteiger partial charge is 0.399 e. The van der Waals surface area contributed by atoms with E-state index in [0.717, 1.165) is 23.1 Å². The highest BCUT2D eigenvalue weighted by molar-refractivity contribution is 9.10. The van der Waals surface area contributed by atoms with Gasteiger partial charge in [0.15, 0.2) is 0 Å². The molecule has 3 heteroatoms. The molecule has 0 aromatic heterocycles. The number of halogens is 1. The first-order chi connectivity index (χ1) is 9.10. The van der Waals surface area contributed by atoms with Gasteiger partial charge in [0.1, 0.15) is 0 Å². The SMILES string of the molecule is CCc1ccc(N(C)Cc2ccc(N)cc2Br)cc1. The highest BCUT2D eigenvalue weighted by atomic mass is 79.9. The molecule has 0 radical (unpaired) electrons. The number of nitrogens with zero attached hydrogens (tertiary/aromatic N) is 1. The maximum Gasteiger partial charge on any atom is 0.0437 e. The summed E-state index contributed by atoms with van der Waals surface area (Å²) in [6.07, 6.45) is 1.08. The van der Waals surface area contributed by atoms with Crippen LogP contribution in [0.25, 0.3) is 0 Å². The molecule has 0 saturated heterocycles. The quantitative estimate of drug-likeness (QED) is 0.855. The summed E-state index contributed by atoms with van der Waals surface area (Å²) in [5.41, 5.74) is 10.4. The van der Waals surface area contributed by atoms with Gasteiger partial charge in [-0.05, 0) is 41.8 Å². The fraction of sp³-hybridized carbons (Fsp3) is 0.250. The third kappa shape index (κ3) is 3.51. The summed E-state index contributed by atoms with van der Waals surface area (Å²) in [6, 6.07) is 14.7. The monoisotopic (exact) mass is 318 g/mol. The molecule has 0 fully saturated rings. The molecule has 2 aromatic carbocycles. The predicted molar refractivity (Wildman–Crippen MR) is 86.5 cm³/mol. The molecule has 0 heterocycles. The van der Waals surface area contributed by atoms with E-state index < -0.39 is 0 Å². The van der Waals surface area contributed by atoms with Crippen molar-refractivity contribution < 1.29 is 0 Å². The maximum absolute atomic E-state index is 5.76. The number of hydrogen-bond acceptors (Lipinski definition) is 2. The van der Waals surface area contributed by atoms with Crippen molar-refractivity contribution in [1.82, 2.24) is 0 Å². The Kier molecular flexibility index (Phi) is 4.48. The van der Waals surface area contributed by atoms with Gasteiger partial charge in [-0.1, -0.05) is 41.1 Å². The summed E-state index contributed by atoms with van der Waals surface area (Å²) in [5, 5.41) is 0. The van der Waals surface area contributed by atoms with Crippen LogP contribution in [0.3, 0.4) is 0 Å². The molecule has 0 aliphatic heterocycles. The molecule has 0 atom stereocenters. The van der Waals surface area contributed by atoms with Crippen molar-refractivity contribution in [3.63, 3.8) is 0 Å². The van der Waals surface area contributed by atoms with E-state index in [1.165, 1.54) is 16.8 Å². The zero-order valence-electron chi connectivity index (χ0n) is 11.4. The van der Waals surface area contributed by atoms with Crippen molar-refractivity contribution in [2.24, 2.45) is 0 Å². The molecule has 0 aliphatic rings. The Morgan fingerprint density at radius 3 is 2.37 bits per heavy atom. The van der Waals surface area contributed by atoms with Gasteiger partial charge < -0.3 is 10.6 Å². The van der Waals surface area contributed by atoms with Crippen LogP contribution in [0.5, 0.6) is 0 Å². The van der Waals surface area contributed by atoms with Crippen molar-refractivity contribution in [2.45, 2.75) is 19.9 Å². The fourth-order valence-corrected chi connectivity index (χ4v) is 2.55. The highest BCUT2D eigenvalue weighted by Gasteiger charge is 2.05. The van der Waals surface area contributed by atoms with E-state index in [4.69, 9.17) is 5.73 Å². The second-order valence-corrected chi connectivity index (χ2v) is 5.58. The molecule has 2 rings (SSSR count). The average molecular weight is 319 g/mol. The van der Waals surface area contributed by atoms with Crippen LogP contribution in [0.2, 0.25) is 0 Å². The van der Waals surface area contributed by atoms with E-state index in [1.807, 2.05) is 12.1 Å². The Hall–Kier alpha value is -1.48. The number of nitrogens with two attached hydrogens (primary N) is 1. The van der Waals surface area contributed by atoms with Crippen molar-refractivity contribution in [1.29, 1.82) is 0 Å². The van der Waals surface area contributed by atoms with Crippen LogP contribution in [0, 0.1) is 0 Å². The number of nitrogen functional groups attached to an aromatic ring is 1. The van der Waals surface area contributed by atoms with Crippen molar-refractivity contribution >= 4 is 27.3 Å². The van der Waals surface area contributed by atoms with Gasteiger partial charge in [0.05, 0.1) is 0 Å². The molecule has 2 nitrogen and oxygen atoms in total. The van der Waals surface area contributed by atoms with Crippen molar-refractivity contribution in [3.8, 4) is 0 Å². The molecule has 2 aromatic rings. The molecule has 100 valence electrons. The van der Waals surface area contributed by atoms with Gasteiger partial charge in [-0.25, -0.2) is 0 Å². The van der Waals surface area contributed by atoms with Crippen LogP contribution < -0.4 is 10.6 Å². The Morgan fingerprint density at radius 1 is 1.11 bits per heavy atom.